The molecule has 3 heterocycles. The largest absolute Gasteiger partial charge is 0.368 e. The van der Waals surface area contributed by atoms with Crippen LogP contribution in [0, 0.1) is 12.7 Å². The summed E-state index contributed by atoms with van der Waals surface area (Å²) < 4.78 is 13.1. The van der Waals surface area contributed by atoms with Crippen molar-refractivity contribution in [2.45, 2.75) is 13.5 Å². The van der Waals surface area contributed by atoms with Gasteiger partial charge < -0.3 is 15.1 Å². The van der Waals surface area contributed by atoms with E-state index in [2.05, 4.69) is 31.2 Å². The Balaban J connectivity index is 1.36. The molecule has 0 aliphatic carbocycles. The number of anilines is 3. The van der Waals surface area contributed by atoms with E-state index < -0.39 is 0 Å². The van der Waals surface area contributed by atoms with Crippen LogP contribution in [0.1, 0.15) is 11.3 Å². The van der Waals surface area contributed by atoms with Gasteiger partial charge in [0.2, 0.25) is 0 Å². The quantitative estimate of drug-likeness (QED) is 0.731. The molecule has 0 amide bonds. The maximum Gasteiger partial charge on any atom is 0.128 e. The lowest BCUT2D eigenvalue weighted by Crippen LogP contribution is -2.46. The Hall–Kier alpha value is -3.15. The number of aromatic nitrogens is 2. The Kier molecular flexibility index (Phi) is 5.37. The summed E-state index contributed by atoms with van der Waals surface area (Å²) in [4.78, 5) is 13.6. The van der Waals surface area contributed by atoms with E-state index in [1.54, 1.807) is 0 Å². The predicted octanol–water partition coefficient (Wildman–Crippen LogP) is 3.86. The third-order valence-corrected chi connectivity index (χ3v) is 4.97. The number of halogens is 1. The van der Waals surface area contributed by atoms with E-state index in [1.165, 1.54) is 17.7 Å². The van der Waals surface area contributed by atoms with Crippen LogP contribution in [0.2, 0.25) is 0 Å². The molecule has 1 N–H and O–H groups in total. The van der Waals surface area contributed by atoms with E-state index >= 15 is 0 Å². The number of nitrogens with zero attached hydrogens (tertiary/aromatic N) is 4. The number of hydrogen-bond donors (Lipinski definition) is 1. The summed E-state index contributed by atoms with van der Waals surface area (Å²) in [7, 11) is 0. The maximum absolute atomic E-state index is 13.1. The molecule has 0 spiro atoms. The van der Waals surface area contributed by atoms with E-state index in [-0.39, 0.29) is 5.82 Å². The summed E-state index contributed by atoms with van der Waals surface area (Å²) in [5.41, 5.74) is 3.24. The highest BCUT2D eigenvalue weighted by molar-refractivity contribution is 5.50. The van der Waals surface area contributed by atoms with E-state index in [4.69, 9.17) is 0 Å². The van der Waals surface area contributed by atoms with Crippen LogP contribution in [0.3, 0.4) is 0 Å². The average molecular weight is 377 g/mol. The van der Waals surface area contributed by atoms with E-state index in [0.29, 0.717) is 6.54 Å². The summed E-state index contributed by atoms with van der Waals surface area (Å²) in [5, 5.41) is 3.37. The molecule has 5 nitrogen and oxygen atoms in total. The number of aryl methyl sites for hydroxylation is 1. The average Bonchev–Trinajstić information content (AvgIpc) is 2.73. The Bertz CT molecular complexity index is 920. The predicted molar refractivity (Wildman–Crippen MR) is 111 cm³/mol. The Morgan fingerprint density at radius 3 is 2.46 bits per heavy atom. The molecule has 0 bridgehead atoms. The zero-order chi connectivity index (χ0) is 19.3. The van der Waals surface area contributed by atoms with Gasteiger partial charge in [0.1, 0.15) is 17.5 Å². The van der Waals surface area contributed by atoms with Crippen molar-refractivity contribution in [2.24, 2.45) is 0 Å². The molecule has 0 atom stereocenters. The van der Waals surface area contributed by atoms with Gasteiger partial charge in [-0.1, -0.05) is 6.07 Å². The van der Waals surface area contributed by atoms with Gasteiger partial charge in [-0.05, 0) is 61.0 Å². The lowest BCUT2D eigenvalue weighted by atomic mass is 10.2. The van der Waals surface area contributed by atoms with Crippen molar-refractivity contribution in [1.82, 2.24) is 9.97 Å². The molecule has 1 aromatic carbocycles. The van der Waals surface area contributed by atoms with E-state index in [9.17, 15) is 4.39 Å². The first kappa shape index (κ1) is 18.2. The zero-order valence-corrected chi connectivity index (χ0v) is 16.0. The molecule has 0 saturated carbocycles. The first-order valence-electron chi connectivity index (χ1n) is 9.55. The molecule has 3 aromatic rings. The van der Waals surface area contributed by atoms with Gasteiger partial charge in [-0.15, -0.1) is 0 Å². The van der Waals surface area contributed by atoms with Gasteiger partial charge >= 0.3 is 0 Å². The number of hydrogen-bond acceptors (Lipinski definition) is 5. The molecule has 4 rings (SSSR count). The SMILES string of the molecule is Cc1cccc(NCc2ccnc(N3CCN(c4ccc(F)cc4)CC3)c2)n1. The number of nitrogens with one attached hydrogen (secondary N) is 1. The minimum atomic E-state index is -0.196. The minimum Gasteiger partial charge on any atom is -0.368 e. The van der Waals surface area contributed by atoms with Crippen LogP contribution in [0.5, 0.6) is 0 Å². The Morgan fingerprint density at radius 2 is 1.71 bits per heavy atom. The van der Waals surface area contributed by atoms with Crippen LogP contribution in [0.25, 0.3) is 0 Å². The molecule has 0 unspecified atom stereocenters. The molecule has 1 fully saturated rings. The van der Waals surface area contributed by atoms with Crippen LogP contribution in [0.15, 0.2) is 60.8 Å². The van der Waals surface area contributed by atoms with Gasteiger partial charge in [-0.3, -0.25) is 0 Å². The fraction of sp³-hybridized carbons (Fsp3) is 0.273. The second kappa shape index (κ2) is 8.25. The molecular formula is C22H24FN5. The first-order chi connectivity index (χ1) is 13.7. The second-order valence-electron chi connectivity index (χ2n) is 6.99. The summed E-state index contributed by atoms with van der Waals surface area (Å²) in [6.07, 6.45) is 1.86. The van der Waals surface area contributed by atoms with Gasteiger partial charge in [-0.25, -0.2) is 14.4 Å². The van der Waals surface area contributed by atoms with Crippen molar-refractivity contribution in [3.05, 3.63) is 77.9 Å². The number of benzene rings is 1. The highest BCUT2D eigenvalue weighted by Crippen LogP contribution is 2.20. The molecule has 1 aliphatic rings. The van der Waals surface area contributed by atoms with E-state index in [1.807, 2.05) is 49.5 Å². The van der Waals surface area contributed by atoms with Gasteiger partial charge in [0.15, 0.2) is 0 Å². The second-order valence-corrected chi connectivity index (χ2v) is 6.99. The highest BCUT2D eigenvalue weighted by atomic mass is 19.1. The zero-order valence-electron chi connectivity index (χ0n) is 16.0. The first-order valence-corrected chi connectivity index (χ1v) is 9.55. The maximum atomic E-state index is 13.1. The molecule has 2 aromatic heterocycles. The van der Waals surface area contributed by atoms with Crippen molar-refractivity contribution in [3.8, 4) is 0 Å². The number of rotatable bonds is 5. The van der Waals surface area contributed by atoms with Crippen LogP contribution in [-0.2, 0) is 6.54 Å². The smallest absolute Gasteiger partial charge is 0.128 e. The fourth-order valence-electron chi connectivity index (χ4n) is 3.42. The molecule has 1 saturated heterocycles. The van der Waals surface area contributed by atoms with Crippen molar-refractivity contribution in [3.63, 3.8) is 0 Å². The molecular weight excluding hydrogens is 353 g/mol. The summed E-state index contributed by atoms with van der Waals surface area (Å²) in [6.45, 7) is 6.26. The minimum absolute atomic E-state index is 0.196. The lowest BCUT2D eigenvalue weighted by Gasteiger charge is -2.36. The van der Waals surface area contributed by atoms with Crippen LogP contribution >= 0.6 is 0 Å². The summed E-state index contributed by atoms with van der Waals surface area (Å²) in [6, 6.07) is 16.8. The molecule has 28 heavy (non-hydrogen) atoms. The van der Waals surface area contributed by atoms with Crippen LogP contribution in [-0.4, -0.2) is 36.1 Å². The van der Waals surface area contributed by atoms with Crippen LogP contribution < -0.4 is 15.1 Å². The molecule has 1 aliphatic heterocycles. The molecule has 144 valence electrons. The van der Waals surface area contributed by atoms with Crippen molar-refractivity contribution in [2.75, 3.05) is 41.3 Å². The van der Waals surface area contributed by atoms with Crippen molar-refractivity contribution < 1.29 is 4.39 Å². The lowest BCUT2D eigenvalue weighted by molar-refractivity contribution is 0.624. The van der Waals surface area contributed by atoms with Gasteiger partial charge in [-0.2, -0.15) is 0 Å². The van der Waals surface area contributed by atoms with Crippen LogP contribution in [0.4, 0.5) is 21.7 Å². The highest BCUT2D eigenvalue weighted by Gasteiger charge is 2.18. The normalized spacial score (nSPS) is 14.2. The third-order valence-electron chi connectivity index (χ3n) is 4.97. The molecule has 6 heteroatoms. The van der Waals surface area contributed by atoms with Gasteiger partial charge in [0, 0.05) is 50.3 Å². The standard InChI is InChI=1S/C22H24FN5/c1-17-3-2-4-21(26-17)25-16-18-9-10-24-22(15-18)28-13-11-27(12-14-28)20-7-5-19(23)6-8-20/h2-10,15H,11-14,16H2,1H3,(H,25,26). The number of pyridine rings is 2. The monoisotopic (exact) mass is 377 g/mol. The Labute approximate surface area is 164 Å². The summed E-state index contributed by atoms with van der Waals surface area (Å²) >= 11 is 0. The summed E-state index contributed by atoms with van der Waals surface area (Å²) in [5.74, 6) is 1.68. The Morgan fingerprint density at radius 1 is 0.964 bits per heavy atom. The number of piperazine rings is 1. The van der Waals surface area contributed by atoms with Gasteiger partial charge in [0.25, 0.3) is 0 Å². The van der Waals surface area contributed by atoms with Crippen molar-refractivity contribution >= 4 is 17.3 Å². The van der Waals surface area contributed by atoms with E-state index in [0.717, 1.165) is 49.2 Å². The molecule has 0 radical (unpaired) electrons. The topological polar surface area (TPSA) is 44.3 Å². The van der Waals surface area contributed by atoms with Crippen molar-refractivity contribution in [1.29, 1.82) is 0 Å². The third kappa shape index (κ3) is 4.39. The van der Waals surface area contributed by atoms with Gasteiger partial charge in [0.05, 0.1) is 0 Å². The fourth-order valence-corrected chi connectivity index (χ4v) is 3.42.